The second-order valence-corrected chi connectivity index (χ2v) is 7.86. The van der Waals surface area contributed by atoms with E-state index in [2.05, 4.69) is 32.9 Å². The number of benzene rings is 2. The van der Waals surface area contributed by atoms with Crippen molar-refractivity contribution in [2.75, 3.05) is 19.8 Å². The largest absolute Gasteiger partial charge is 0.482 e. The molecular formula is C22H28O4S. The van der Waals surface area contributed by atoms with Gasteiger partial charge in [-0.3, -0.25) is 0 Å². The number of rotatable bonds is 11. The molecule has 2 aromatic carbocycles. The van der Waals surface area contributed by atoms with E-state index < -0.39 is 0 Å². The van der Waals surface area contributed by atoms with Crippen LogP contribution in [0.2, 0.25) is 0 Å². The summed E-state index contributed by atoms with van der Waals surface area (Å²) < 4.78 is 16.4. The predicted molar refractivity (Wildman–Crippen MR) is 108 cm³/mol. The van der Waals surface area contributed by atoms with Gasteiger partial charge in [-0.25, -0.2) is 4.79 Å². The Hall–Kier alpha value is -1.98. The number of ether oxygens (including phenoxy) is 3. The third-order valence-corrected chi connectivity index (χ3v) is 5.07. The molecule has 146 valence electrons. The lowest BCUT2D eigenvalue weighted by atomic mass is 10.1. The summed E-state index contributed by atoms with van der Waals surface area (Å²) >= 11 is 1.68. The number of hydrogen-bond acceptors (Lipinski definition) is 5. The van der Waals surface area contributed by atoms with Crippen molar-refractivity contribution >= 4 is 17.7 Å². The smallest absolute Gasteiger partial charge is 0.344 e. The first-order valence-electron chi connectivity index (χ1n) is 9.24. The van der Waals surface area contributed by atoms with Crippen LogP contribution in [0.15, 0.2) is 64.4 Å². The molecule has 4 nitrogen and oxygen atoms in total. The molecule has 0 radical (unpaired) electrons. The van der Waals surface area contributed by atoms with Crippen LogP contribution in [0.4, 0.5) is 0 Å². The molecule has 5 heteroatoms. The molecule has 0 heterocycles. The second-order valence-electron chi connectivity index (χ2n) is 6.71. The van der Waals surface area contributed by atoms with Crippen molar-refractivity contribution in [3.8, 4) is 5.75 Å². The molecule has 0 bridgehead atoms. The summed E-state index contributed by atoms with van der Waals surface area (Å²) in [4.78, 5) is 14.0. The molecule has 0 aliphatic carbocycles. The molecule has 2 rings (SSSR count). The van der Waals surface area contributed by atoms with Crippen molar-refractivity contribution < 1.29 is 19.0 Å². The third-order valence-electron chi connectivity index (χ3n) is 4.06. The Morgan fingerprint density at radius 1 is 0.963 bits per heavy atom. The number of hydrogen-bond donors (Lipinski definition) is 0. The second kappa shape index (κ2) is 11.0. The first-order valence-corrected chi connectivity index (χ1v) is 10.1. The molecular weight excluding hydrogens is 360 g/mol. The number of carbonyl (C=O) groups is 1. The molecule has 0 saturated heterocycles. The minimum Gasteiger partial charge on any atom is -0.482 e. The van der Waals surface area contributed by atoms with Gasteiger partial charge in [0, 0.05) is 16.2 Å². The number of carbonyl (C=O) groups excluding carboxylic acids is 1. The summed E-state index contributed by atoms with van der Waals surface area (Å²) in [6, 6.07) is 17.8. The van der Waals surface area contributed by atoms with Crippen molar-refractivity contribution in [3.63, 3.8) is 0 Å². The molecule has 0 N–H and O–H groups in total. The highest BCUT2D eigenvalue weighted by molar-refractivity contribution is 7.99. The Labute approximate surface area is 166 Å². The van der Waals surface area contributed by atoms with Crippen LogP contribution in [-0.4, -0.2) is 31.4 Å². The highest BCUT2D eigenvalue weighted by Crippen LogP contribution is 2.28. The monoisotopic (exact) mass is 388 g/mol. The Morgan fingerprint density at radius 2 is 1.63 bits per heavy atom. The molecule has 2 aromatic rings. The Bertz CT molecular complexity index is 683. The summed E-state index contributed by atoms with van der Waals surface area (Å²) in [5.74, 6) is 0.282. The van der Waals surface area contributed by atoms with E-state index in [1.54, 1.807) is 11.8 Å². The Kier molecular flexibility index (Phi) is 8.69. The minimum absolute atomic E-state index is 0.0908. The maximum absolute atomic E-state index is 11.7. The molecule has 0 fully saturated rings. The summed E-state index contributed by atoms with van der Waals surface area (Å²) in [6.07, 6.45) is 1.63. The lowest BCUT2D eigenvalue weighted by molar-refractivity contribution is -0.146. The normalized spacial score (nSPS) is 11.2. The maximum atomic E-state index is 11.7. The van der Waals surface area contributed by atoms with E-state index in [4.69, 9.17) is 14.2 Å². The van der Waals surface area contributed by atoms with Crippen LogP contribution in [0, 0.1) is 0 Å². The van der Waals surface area contributed by atoms with Gasteiger partial charge in [0.25, 0.3) is 0 Å². The van der Waals surface area contributed by atoms with E-state index in [0.717, 1.165) is 11.3 Å². The van der Waals surface area contributed by atoms with Crippen molar-refractivity contribution in [2.45, 2.75) is 49.0 Å². The minimum atomic E-state index is -0.368. The molecule has 0 unspecified atom stereocenters. The maximum Gasteiger partial charge on any atom is 0.344 e. The molecule has 0 aliphatic rings. The van der Waals surface area contributed by atoms with Crippen LogP contribution >= 0.6 is 11.8 Å². The molecule has 0 aliphatic heterocycles. The van der Waals surface area contributed by atoms with Crippen molar-refractivity contribution in [1.29, 1.82) is 0 Å². The summed E-state index contributed by atoms with van der Waals surface area (Å²) in [6.45, 7) is 7.02. The Balaban J connectivity index is 1.63. The van der Waals surface area contributed by atoms with E-state index in [1.165, 1.54) is 4.90 Å². The fourth-order valence-electron chi connectivity index (χ4n) is 2.11. The van der Waals surface area contributed by atoms with E-state index in [0.29, 0.717) is 25.4 Å². The van der Waals surface area contributed by atoms with Gasteiger partial charge in [-0.05, 0) is 56.7 Å². The average molecular weight is 389 g/mol. The van der Waals surface area contributed by atoms with Gasteiger partial charge in [0.2, 0.25) is 0 Å². The fraction of sp³-hybridized carbons (Fsp3) is 0.409. The molecule has 0 saturated carbocycles. The third kappa shape index (κ3) is 8.50. The Morgan fingerprint density at radius 3 is 2.30 bits per heavy atom. The molecule has 0 aromatic heterocycles. The lowest BCUT2D eigenvalue weighted by Crippen LogP contribution is -2.24. The first kappa shape index (κ1) is 21.3. The van der Waals surface area contributed by atoms with Gasteiger partial charge in [0.05, 0.1) is 18.8 Å². The van der Waals surface area contributed by atoms with Gasteiger partial charge < -0.3 is 14.2 Å². The van der Waals surface area contributed by atoms with Crippen LogP contribution in [-0.2, 0) is 14.3 Å². The van der Waals surface area contributed by atoms with Gasteiger partial charge >= 0.3 is 5.97 Å². The van der Waals surface area contributed by atoms with Crippen molar-refractivity contribution in [3.05, 3.63) is 54.6 Å². The van der Waals surface area contributed by atoms with Gasteiger partial charge in [0.1, 0.15) is 5.75 Å². The molecule has 0 atom stereocenters. The SMILES string of the molecule is CCC(C)(C)OCCCOC(=O)COc1ccc(Sc2ccccc2)cc1. The first-order chi connectivity index (χ1) is 13.0. The standard InChI is InChI=1S/C22H28O4S/c1-4-22(2,3)26-16-8-15-24-21(23)17-25-18-11-13-20(14-12-18)27-19-9-6-5-7-10-19/h5-7,9-14H,4,8,15-17H2,1-3H3. The van der Waals surface area contributed by atoms with Crippen LogP contribution in [0.5, 0.6) is 5.75 Å². The zero-order valence-corrected chi connectivity index (χ0v) is 17.1. The average Bonchev–Trinajstić information content (AvgIpc) is 2.68. The van der Waals surface area contributed by atoms with E-state index in [1.807, 2.05) is 42.5 Å². The van der Waals surface area contributed by atoms with Gasteiger partial charge in [-0.15, -0.1) is 0 Å². The summed E-state index contributed by atoms with van der Waals surface area (Å²) in [5.41, 5.74) is -0.127. The quantitative estimate of drug-likeness (QED) is 0.383. The van der Waals surface area contributed by atoms with Gasteiger partial charge in [-0.2, -0.15) is 0 Å². The zero-order chi connectivity index (χ0) is 19.5. The molecule has 0 amide bonds. The van der Waals surface area contributed by atoms with Crippen LogP contribution in [0.1, 0.15) is 33.6 Å². The molecule has 0 spiro atoms. The van der Waals surface area contributed by atoms with Crippen LogP contribution in [0.3, 0.4) is 0 Å². The van der Waals surface area contributed by atoms with Gasteiger partial charge in [0.15, 0.2) is 6.61 Å². The molecule has 27 heavy (non-hydrogen) atoms. The predicted octanol–water partition coefficient (Wildman–Crippen LogP) is 5.36. The summed E-state index contributed by atoms with van der Waals surface area (Å²) in [7, 11) is 0. The lowest BCUT2D eigenvalue weighted by Gasteiger charge is -2.23. The van der Waals surface area contributed by atoms with Gasteiger partial charge in [-0.1, -0.05) is 36.9 Å². The van der Waals surface area contributed by atoms with Crippen molar-refractivity contribution in [1.82, 2.24) is 0 Å². The summed E-state index contributed by atoms with van der Waals surface area (Å²) in [5, 5.41) is 0. The zero-order valence-electron chi connectivity index (χ0n) is 16.3. The topological polar surface area (TPSA) is 44.8 Å². The fourth-order valence-corrected chi connectivity index (χ4v) is 2.95. The number of esters is 1. The van der Waals surface area contributed by atoms with Crippen LogP contribution < -0.4 is 4.74 Å². The van der Waals surface area contributed by atoms with Crippen molar-refractivity contribution in [2.24, 2.45) is 0 Å². The highest BCUT2D eigenvalue weighted by Gasteiger charge is 2.14. The van der Waals surface area contributed by atoms with E-state index >= 15 is 0 Å². The highest BCUT2D eigenvalue weighted by atomic mass is 32.2. The van der Waals surface area contributed by atoms with Crippen LogP contribution in [0.25, 0.3) is 0 Å². The van der Waals surface area contributed by atoms with E-state index in [9.17, 15) is 4.79 Å². The van der Waals surface area contributed by atoms with E-state index in [-0.39, 0.29) is 18.2 Å².